The van der Waals surface area contributed by atoms with E-state index in [0.717, 1.165) is 23.5 Å². The molecule has 1 aromatic heterocycles. The molecule has 6 heteroatoms. The van der Waals surface area contributed by atoms with Crippen LogP contribution >= 0.6 is 11.3 Å². The standard InChI is InChI=1S/C24H27N3O2S/c1-16-15-30-23(25-16)17(2)26-21(28)10-12-24(13-11-22(29)27-24)14-19-8-5-7-18-6-3-4-9-20(18)19/h3-9,15,17H,10-14H2,1-2H3,(H,26,28)(H,27,29). The Kier molecular flexibility index (Phi) is 5.86. The Labute approximate surface area is 180 Å². The Hall–Kier alpha value is -2.73. The molecule has 1 saturated heterocycles. The van der Waals surface area contributed by atoms with Gasteiger partial charge in [-0.05, 0) is 49.4 Å². The van der Waals surface area contributed by atoms with Crippen LogP contribution in [0.1, 0.15) is 54.9 Å². The van der Waals surface area contributed by atoms with E-state index in [4.69, 9.17) is 0 Å². The van der Waals surface area contributed by atoms with Crippen molar-refractivity contribution in [1.29, 1.82) is 0 Å². The van der Waals surface area contributed by atoms with E-state index in [9.17, 15) is 9.59 Å². The number of amides is 2. The predicted octanol–water partition coefficient (Wildman–Crippen LogP) is 4.45. The summed E-state index contributed by atoms with van der Waals surface area (Å²) in [4.78, 5) is 29.2. The predicted molar refractivity (Wildman–Crippen MR) is 120 cm³/mol. The van der Waals surface area contributed by atoms with E-state index in [0.29, 0.717) is 19.3 Å². The lowest BCUT2D eigenvalue weighted by Crippen LogP contribution is -2.44. The van der Waals surface area contributed by atoms with Crippen molar-refractivity contribution in [3.05, 3.63) is 64.1 Å². The monoisotopic (exact) mass is 421 g/mol. The zero-order valence-corrected chi connectivity index (χ0v) is 18.2. The molecule has 1 aliphatic heterocycles. The molecule has 0 aliphatic carbocycles. The van der Waals surface area contributed by atoms with Gasteiger partial charge in [-0.3, -0.25) is 9.59 Å². The van der Waals surface area contributed by atoms with E-state index in [2.05, 4.69) is 45.9 Å². The van der Waals surface area contributed by atoms with Gasteiger partial charge in [0.25, 0.3) is 0 Å². The molecular weight excluding hydrogens is 394 g/mol. The van der Waals surface area contributed by atoms with Crippen molar-refractivity contribution in [3.63, 3.8) is 0 Å². The molecule has 2 heterocycles. The summed E-state index contributed by atoms with van der Waals surface area (Å²) < 4.78 is 0. The second kappa shape index (κ2) is 8.56. The molecule has 1 fully saturated rings. The number of nitrogens with one attached hydrogen (secondary N) is 2. The van der Waals surface area contributed by atoms with Gasteiger partial charge in [0.1, 0.15) is 5.01 Å². The second-order valence-corrected chi connectivity index (χ2v) is 9.15. The molecule has 4 rings (SSSR count). The van der Waals surface area contributed by atoms with E-state index in [-0.39, 0.29) is 23.4 Å². The highest BCUT2D eigenvalue weighted by atomic mass is 32.1. The number of aromatic nitrogens is 1. The van der Waals surface area contributed by atoms with Crippen LogP contribution in [0.4, 0.5) is 0 Å². The van der Waals surface area contributed by atoms with Crippen molar-refractivity contribution < 1.29 is 9.59 Å². The lowest BCUT2D eigenvalue weighted by molar-refractivity contribution is -0.123. The maximum Gasteiger partial charge on any atom is 0.220 e. The average molecular weight is 422 g/mol. The largest absolute Gasteiger partial charge is 0.350 e. The first-order chi connectivity index (χ1) is 14.4. The summed E-state index contributed by atoms with van der Waals surface area (Å²) in [5.41, 5.74) is 1.81. The molecule has 0 spiro atoms. The first-order valence-electron chi connectivity index (χ1n) is 10.4. The minimum Gasteiger partial charge on any atom is -0.350 e. The number of thiazole rings is 1. The summed E-state index contributed by atoms with van der Waals surface area (Å²) >= 11 is 1.56. The number of nitrogens with zero attached hydrogens (tertiary/aromatic N) is 1. The van der Waals surface area contributed by atoms with E-state index in [1.54, 1.807) is 11.3 Å². The first-order valence-corrected chi connectivity index (χ1v) is 11.3. The van der Waals surface area contributed by atoms with Crippen molar-refractivity contribution in [1.82, 2.24) is 15.6 Å². The van der Waals surface area contributed by atoms with Crippen LogP contribution in [0, 0.1) is 6.92 Å². The molecular formula is C24H27N3O2S. The van der Waals surface area contributed by atoms with Gasteiger partial charge in [-0.2, -0.15) is 0 Å². The van der Waals surface area contributed by atoms with Gasteiger partial charge < -0.3 is 10.6 Å². The molecule has 2 N–H and O–H groups in total. The molecule has 0 radical (unpaired) electrons. The number of hydrogen-bond acceptors (Lipinski definition) is 4. The number of carbonyl (C=O) groups excluding carboxylic acids is 2. The van der Waals surface area contributed by atoms with Gasteiger partial charge in [-0.25, -0.2) is 4.98 Å². The van der Waals surface area contributed by atoms with Gasteiger partial charge >= 0.3 is 0 Å². The maximum absolute atomic E-state index is 12.6. The van der Waals surface area contributed by atoms with Gasteiger partial charge in [0.15, 0.2) is 0 Å². The molecule has 3 aromatic rings. The van der Waals surface area contributed by atoms with Crippen molar-refractivity contribution in [2.24, 2.45) is 0 Å². The summed E-state index contributed by atoms with van der Waals surface area (Å²) in [6.45, 7) is 3.91. The maximum atomic E-state index is 12.6. The lowest BCUT2D eigenvalue weighted by atomic mass is 9.83. The first kappa shape index (κ1) is 20.5. The third-order valence-corrected chi connectivity index (χ3v) is 7.00. The van der Waals surface area contributed by atoms with Gasteiger partial charge in [0, 0.05) is 29.5 Å². The summed E-state index contributed by atoms with van der Waals surface area (Å²) in [7, 11) is 0. The zero-order chi connectivity index (χ0) is 21.1. The highest BCUT2D eigenvalue weighted by Crippen LogP contribution is 2.32. The molecule has 156 valence electrons. The van der Waals surface area contributed by atoms with Gasteiger partial charge in [-0.1, -0.05) is 42.5 Å². The van der Waals surface area contributed by atoms with Crippen LogP contribution in [0.25, 0.3) is 10.8 Å². The fourth-order valence-electron chi connectivity index (χ4n) is 4.29. The van der Waals surface area contributed by atoms with Crippen LogP contribution in [-0.2, 0) is 16.0 Å². The van der Waals surface area contributed by atoms with Gasteiger partial charge in [0.05, 0.1) is 6.04 Å². The summed E-state index contributed by atoms with van der Waals surface area (Å²) in [5, 5.41) is 11.6. The third kappa shape index (κ3) is 4.54. The van der Waals surface area contributed by atoms with Crippen molar-refractivity contribution >= 4 is 33.9 Å². The Morgan fingerprint density at radius 2 is 2.07 bits per heavy atom. The fourth-order valence-corrected chi connectivity index (χ4v) is 5.10. The smallest absolute Gasteiger partial charge is 0.220 e. The van der Waals surface area contributed by atoms with Crippen molar-refractivity contribution in [2.75, 3.05) is 0 Å². The number of carbonyl (C=O) groups is 2. The van der Waals surface area contributed by atoms with Crippen LogP contribution < -0.4 is 10.6 Å². The van der Waals surface area contributed by atoms with Crippen LogP contribution in [-0.4, -0.2) is 22.3 Å². The molecule has 2 amide bonds. The number of fused-ring (bicyclic) bond motifs is 1. The van der Waals surface area contributed by atoms with E-state index < -0.39 is 0 Å². The van der Waals surface area contributed by atoms with E-state index in [1.165, 1.54) is 16.3 Å². The normalized spacial score (nSPS) is 19.6. The average Bonchev–Trinajstić information content (AvgIpc) is 3.33. The highest BCUT2D eigenvalue weighted by Gasteiger charge is 2.38. The minimum atomic E-state index is -0.375. The molecule has 5 nitrogen and oxygen atoms in total. The van der Waals surface area contributed by atoms with Crippen molar-refractivity contribution in [2.45, 2.75) is 57.5 Å². The molecule has 1 aliphatic rings. The summed E-state index contributed by atoms with van der Waals surface area (Å²) in [5.74, 6) is 0.0658. The molecule has 0 saturated carbocycles. The lowest BCUT2D eigenvalue weighted by Gasteiger charge is -2.30. The van der Waals surface area contributed by atoms with Crippen LogP contribution in [0.3, 0.4) is 0 Å². The molecule has 30 heavy (non-hydrogen) atoms. The molecule has 2 atom stereocenters. The SMILES string of the molecule is Cc1csc(C(C)NC(=O)CCC2(Cc3cccc4ccccc34)CCC(=O)N2)n1. The minimum absolute atomic E-state index is 0.00574. The summed E-state index contributed by atoms with van der Waals surface area (Å²) in [6, 6.07) is 14.5. The topological polar surface area (TPSA) is 71.1 Å². The Morgan fingerprint density at radius 3 is 2.80 bits per heavy atom. The van der Waals surface area contributed by atoms with Gasteiger partial charge in [-0.15, -0.1) is 11.3 Å². The molecule has 2 aromatic carbocycles. The molecule has 0 bridgehead atoms. The van der Waals surface area contributed by atoms with Crippen LogP contribution in [0.2, 0.25) is 0 Å². The fraction of sp³-hybridized carbons (Fsp3) is 0.375. The van der Waals surface area contributed by atoms with Gasteiger partial charge in [0.2, 0.25) is 11.8 Å². The summed E-state index contributed by atoms with van der Waals surface area (Å²) in [6.07, 6.45) is 3.00. The highest BCUT2D eigenvalue weighted by molar-refractivity contribution is 7.09. The van der Waals surface area contributed by atoms with Crippen LogP contribution in [0.15, 0.2) is 47.8 Å². The number of rotatable bonds is 7. The quantitative estimate of drug-likeness (QED) is 0.592. The number of hydrogen-bond donors (Lipinski definition) is 2. The van der Waals surface area contributed by atoms with E-state index >= 15 is 0 Å². The second-order valence-electron chi connectivity index (χ2n) is 8.26. The number of benzene rings is 2. The van der Waals surface area contributed by atoms with E-state index in [1.807, 2.05) is 31.4 Å². The Bertz CT molecular complexity index is 1070. The van der Waals surface area contributed by atoms with Crippen molar-refractivity contribution in [3.8, 4) is 0 Å². The third-order valence-electron chi connectivity index (χ3n) is 5.86. The van der Waals surface area contributed by atoms with Crippen LogP contribution in [0.5, 0.6) is 0 Å². The molecule has 2 unspecified atom stereocenters. The Balaban J connectivity index is 1.46. The number of aryl methyl sites for hydroxylation is 1. The zero-order valence-electron chi connectivity index (χ0n) is 17.4. The Morgan fingerprint density at radius 1 is 1.27 bits per heavy atom.